The highest BCUT2D eigenvalue weighted by Gasteiger charge is 2.15. The Morgan fingerprint density at radius 2 is 0.933 bits per heavy atom. The molecule has 0 saturated carbocycles. The second kappa shape index (κ2) is 15.6. The SMILES string of the molecule is Cc1c(/C=C/CC(=O)NCCCNCCCNC(=O)C/C=C/c2c(C)c(O)c3ccccc3c2O)c(O)c2ccccc2c1O. The first kappa shape index (κ1) is 32.9. The summed E-state index contributed by atoms with van der Waals surface area (Å²) >= 11 is 0. The summed E-state index contributed by atoms with van der Waals surface area (Å²) in [4.78, 5) is 24.4. The molecule has 236 valence electrons. The molecule has 2 amide bonds. The molecular weight excluding hydrogens is 570 g/mol. The van der Waals surface area contributed by atoms with Crippen molar-refractivity contribution >= 4 is 45.5 Å². The summed E-state index contributed by atoms with van der Waals surface area (Å²) < 4.78 is 0. The molecule has 0 aliphatic carbocycles. The zero-order valence-electron chi connectivity index (χ0n) is 25.7. The van der Waals surface area contributed by atoms with Gasteiger partial charge in [0.2, 0.25) is 11.8 Å². The van der Waals surface area contributed by atoms with E-state index in [0.29, 0.717) is 56.9 Å². The van der Waals surface area contributed by atoms with Crippen LogP contribution in [0.5, 0.6) is 23.0 Å². The van der Waals surface area contributed by atoms with E-state index in [2.05, 4.69) is 16.0 Å². The van der Waals surface area contributed by atoms with E-state index in [0.717, 1.165) is 25.9 Å². The van der Waals surface area contributed by atoms with Crippen LogP contribution in [0.15, 0.2) is 60.7 Å². The molecule has 45 heavy (non-hydrogen) atoms. The van der Waals surface area contributed by atoms with Crippen LogP contribution >= 0.6 is 0 Å². The molecule has 4 aromatic carbocycles. The van der Waals surface area contributed by atoms with Gasteiger partial charge in [-0.25, -0.2) is 0 Å². The number of rotatable bonds is 14. The summed E-state index contributed by atoms with van der Waals surface area (Å²) in [5, 5.41) is 53.6. The van der Waals surface area contributed by atoms with Crippen molar-refractivity contribution in [3.8, 4) is 23.0 Å². The molecule has 0 aliphatic heterocycles. The van der Waals surface area contributed by atoms with Crippen molar-refractivity contribution in [1.29, 1.82) is 0 Å². The van der Waals surface area contributed by atoms with Gasteiger partial charge in [-0.2, -0.15) is 0 Å². The molecule has 0 radical (unpaired) electrons. The van der Waals surface area contributed by atoms with Crippen molar-refractivity contribution in [2.45, 2.75) is 39.5 Å². The number of phenolic OH excluding ortho intramolecular Hbond substituents is 4. The van der Waals surface area contributed by atoms with Crippen LogP contribution in [-0.4, -0.2) is 58.4 Å². The lowest BCUT2D eigenvalue weighted by Gasteiger charge is -2.11. The van der Waals surface area contributed by atoms with Gasteiger partial charge in [-0.1, -0.05) is 72.8 Å². The van der Waals surface area contributed by atoms with E-state index < -0.39 is 0 Å². The minimum Gasteiger partial charge on any atom is -0.507 e. The second-order valence-corrected chi connectivity index (χ2v) is 10.9. The van der Waals surface area contributed by atoms with Gasteiger partial charge in [0.05, 0.1) is 0 Å². The Kier molecular flexibility index (Phi) is 11.4. The third kappa shape index (κ3) is 8.13. The van der Waals surface area contributed by atoms with Crippen molar-refractivity contribution < 1.29 is 30.0 Å². The lowest BCUT2D eigenvalue weighted by atomic mass is 9.98. The minimum atomic E-state index is -0.132. The number of nitrogens with one attached hydrogen (secondary N) is 3. The first-order valence-corrected chi connectivity index (χ1v) is 15.1. The Morgan fingerprint density at radius 3 is 1.31 bits per heavy atom. The number of fused-ring (bicyclic) bond motifs is 2. The third-order valence-electron chi connectivity index (χ3n) is 7.78. The van der Waals surface area contributed by atoms with E-state index in [1.54, 1.807) is 86.7 Å². The zero-order chi connectivity index (χ0) is 32.3. The Balaban J connectivity index is 1.07. The second-order valence-electron chi connectivity index (χ2n) is 10.9. The fraction of sp³-hybridized carbons (Fsp3) is 0.278. The fourth-order valence-electron chi connectivity index (χ4n) is 5.22. The summed E-state index contributed by atoms with van der Waals surface area (Å²) in [6.45, 7) is 5.95. The molecule has 7 N–H and O–H groups in total. The van der Waals surface area contributed by atoms with Crippen LogP contribution in [0.3, 0.4) is 0 Å². The topological polar surface area (TPSA) is 151 Å². The maximum Gasteiger partial charge on any atom is 0.223 e. The molecule has 0 saturated heterocycles. The lowest BCUT2D eigenvalue weighted by molar-refractivity contribution is -0.121. The maximum absolute atomic E-state index is 12.2. The highest BCUT2D eigenvalue weighted by atomic mass is 16.3. The highest BCUT2D eigenvalue weighted by molar-refractivity contribution is 5.98. The van der Waals surface area contributed by atoms with Crippen molar-refractivity contribution in [2.24, 2.45) is 0 Å². The van der Waals surface area contributed by atoms with Crippen LogP contribution in [0, 0.1) is 13.8 Å². The molecule has 9 nitrogen and oxygen atoms in total. The minimum absolute atomic E-state index is 0.0788. The normalized spacial score (nSPS) is 11.6. The molecule has 4 aromatic rings. The van der Waals surface area contributed by atoms with Crippen molar-refractivity contribution in [3.05, 3.63) is 82.9 Å². The number of carbonyl (C=O) groups is 2. The van der Waals surface area contributed by atoms with Gasteiger partial charge in [-0.3, -0.25) is 9.59 Å². The first-order valence-electron chi connectivity index (χ1n) is 15.1. The average molecular weight is 612 g/mol. The number of carbonyl (C=O) groups excluding carboxylic acids is 2. The molecule has 0 heterocycles. The van der Waals surface area contributed by atoms with Gasteiger partial charge in [-0.05, 0) is 39.8 Å². The lowest BCUT2D eigenvalue weighted by Crippen LogP contribution is -2.29. The summed E-state index contributed by atoms with van der Waals surface area (Å²) in [5.41, 5.74) is 2.10. The molecule has 4 rings (SSSR count). The molecule has 0 fully saturated rings. The van der Waals surface area contributed by atoms with Crippen molar-refractivity contribution in [1.82, 2.24) is 16.0 Å². The molecule has 0 unspecified atom stereocenters. The summed E-state index contributed by atoms with van der Waals surface area (Å²) in [6.07, 6.45) is 8.48. The largest absolute Gasteiger partial charge is 0.507 e. The highest BCUT2D eigenvalue weighted by Crippen LogP contribution is 2.40. The number of amides is 2. The smallest absolute Gasteiger partial charge is 0.223 e. The van der Waals surface area contributed by atoms with E-state index in [9.17, 15) is 30.0 Å². The predicted octanol–water partition coefficient (Wildman–Crippen LogP) is 5.54. The van der Waals surface area contributed by atoms with Gasteiger partial charge in [-0.15, -0.1) is 0 Å². The number of aromatic hydroxyl groups is 4. The van der Waals surface area contributed by atoms with Gasteiger partial charge in [0.1, 0.15) is 23.0 Å². The van der Waals surface area contributed by atoms with E-state index in [1.807, 2.05) is 0 Å². The van der Waals surface area contributed by atoms with E-state index in [4.69, 9.17) is 0 Å². The Morgan fingerprint density at radius 1 is 0.578 bits per heavy atom. The molecule has 0 atom stereocenters. The van der Waals surface area contributed by atoms with E-state index in [-0.39, 0.29) is 47.7 Å². The maximum atomic E-state index is 12.2. The van der Waals surface area contributed by atoms with Crippen LogP contribution in [-0.2, 0) is 9.59 Å². The number of phenols is 4. The van der Waals surface area contributed by atoms with Crippen molar-refractivity contribution in [2.75, 3.05) is 26.2 Å². The number of benzene rings is 4. The molecule has 0 spiro atoms. The van der Waals surface area contributed by atoms with Crippen LogP contribution in [0.1, 0.15) is 47.9 Å². The van der Waals surface area contributed by atoms with Gasteiger partial charge in [0, 0.05) is 69.7 Å². The van der Waals surface area contributed by atoms with E-state index in [1.165, 1.54) is 0 Å². The predicted molar refractivity (Wildman–Crippen MR) is 179 cm³/mol. The van der Waals surface area contributed by atoms with E-state index >= 15 is 0 Å². The standard InChI is InChI=1S/C36H41N3O6/c1-23-25(35(44)29-13-5-3-11-27(29)33(23)42)15-7-17-31(40)38-21-9-19-37-20-10-22-39-32(41)18-8-16-26-24(2)34(43)28-12-4-6-14-30(28)36(26)45/h3-8,11-16,37,42-45H,9-10,17-22H2,1-2H3,(H,38,40)(H,39,41)/b15-7+,16-8+. The number of hydrogen-bond donors (Lipinski definition) is 7. The third-order valence-corrected chi connectivity index (χ3v) is 7.78. The quantitative estimate of drug-likeness (QED) is 0.0731. The fourth-order valence-corrected chi connectivity index (χ4v) is 5.22. The monoisotopic (exact) mass is 611 g/mol. The Bertz CT molecular complexity index is 1620. The summed E-state index contributed by atoms with van der Waals surface area (Å²) in [7, 11) is 0. The average Bonchev–Trinajstić information content (AvgIpc) is 3.05. The summed E-state index contributed by atoms with van der Waals surface area (Å²) in [6, 6.07) is 14.2. The van der Waals surface area contributed by atoms with Crippen molar-refractivity contribution in [3.63, 3.8) is 0 Å². The van der Waals surface area contributed by atoms with Crippen LogP contribution < -0.4 is 16.0 Å². The molecule has 0 aromatic heterocycles. The van der Waals surface area contributed by atoms with Gasteiger partial charge in [0.15, 0.2) is 0 Å². The molecule has 9 heteroatoms. The summed E-state index contributed by atoms with van der Waals surface area (Å²) in [5.74, 6) is 0.130. The van der Waals surface area contributed by atoms with Crippen LogP contribution in [0.4, 0.5) is 0 Å². The first-order chi connectivity index (χ1) is 21.7. The van der Waals surface area contributed by atoms with Gasteiger partial charge in [0.25, 0.3) is 0 Å². The molecule has 0 aliphatic rings. The van der Waals surface area contributed by atoms with Crippen LogP contribution in [0.2, 0.25) is 0 Å². The van der Waals surface area contributed by atoms with Crippen LogP contribution in [0.25, 0.3) is 33.7 Å². The molecule has 0 bridgehead atoms. The zero-order valence-corrected chi connectivity index (χ0v) is 25.7. The number of hydrogen-bond acceptors (Lipinski definition) is 7. The Hall–Kier alpha value is -5.02. The van der Waals surface area contributed by atoms with Gasteiger partial charge < -0.3 is 36.4 Å². The molecular formula is C36H41N3O6. The Labute approximate surface area is 262 Å². The van der Waals surface area contributed by atoms with Gasteiger partial charge >= 0.3 is 0 Å².